The molecule has 0 saturated carbocycles. The van der Waals surface area contributed by atoms with Gasteiger partial charge < -0.3 is 9.26 Å². The molecule has 0 aliphatic carbocycles. The van der Waals surface area contributed by atoms with Gasteiger partial charge in [0.1, 0.15) is 18.1 Å². The SMILES string of the molecule is ClCc1cc(-c2ccc(COc3cccnc3)cc2)no1. The normalized spacial score (nSPS) is 10.5. The summed E-state index contributed by atoms with van der Waals surface area (Å²) in [5, 5.41) is 3.98. The molecular formula is C16H13ClN2O2. The Balaban J connectivity index is 1.66. The fraction of sp³-hybridized carbons (Fsp3) is 0.125. The topological polar surface area (TPSA) is 48.2 Å². The number of hydrogen-bond acceptors (Lipinski definition) is 4. The lowest BCUT2D eigenvalue weighted by Crippen LogP contribution is -1.95. The van der Waals surface area contributed by atoms with Crippen molar-refractivity contribution in [2.24, 2.45) is 0 Å². The molecule has 3 rings (SSSR count). The highest BCUT2D eigenvalue weighted by molar-refractivity contribution is 6.16. The molecule has 5 heteroatoms. The van der Waals surface area contributed by atoms with Crippen molar-refractivity contribution in [3.63, 3.8) is 0 Å². The molecule has 4 nitrogen and oxygen atoms in total. The number of halogens is 1. The molecule has 2 heterocycles. The minimum Gasteiger partial charge on any atom is -0.487 e. The van der Waals surface area contributed by atoms with Crippen molar-refractivity contribution in [1.29, 1.82) is 0 Å². The Morgan fingerprint density at radius 3 is 2.67 bits per heavy atom. The van der Waals surface area contributed by atoms with Crippen molar-refractivity contribution in [3.05, 3.63) is 66.2 Å². The zero-order valence-electron chi connectivity index (χ0n) is 11.2. The lowest BCUT2D eigenvalue weighted by atomic mass is 10.1. The average molecular weight is 301 g/mol. The van der Waals surface area contributed by atoms with Crippen LogP contribution in [-0.4, -0.2) is 10.1 Å². The Bertz CT molecular complexity index is 696. The number of nitrogens with zero attached hydrogens (tertiary/aromatic N) is 2. The molecule has 0 aliphatic rings. The molecule has 0 radical (unpaired) electrons. The number of aromatic nitrogens is 2. The molecule has 106 valence electrons. The highest BCUT2D eigenvalue weighted by atomic mass is 35.5. The van der Waals surface area contributed by atoms with Gasteiger partial charge in [0.05, 0.1) is 12.1 Å². The first-order valence-corrected chi connectivity index (χ1v) is 7.02. The molecular weight excluding hydrogens is 288 g/mol. The summed E-state index contributed by atoms with van der Waals surface area (Å²) in [7, 11) is 0. The molecule has 0 aliphatic heterocycles. The minimum atomic E-state index is 0.323. The summed E-state index contributed by atoms with van der Waals surface area (Å²) in [6, 6.07) is 13.5. The van der Waals surface area contributed by atoms with E-state index in [1.165, 1.54) is 0 Å². The lowest BCUT2D eigenvalue weighted by molar-refractivity contribution is 0.305. The highest BCUT2D eigenvalue weighted by Crippen LogP contribution is 2.21. The molecule has 0 saturated heterocycles. The maximum Gasteiger partial charge on any atom is 0.152 e. The Kier molecular flexibility index (Phi) is 4.17. The van der Waals surface area contributed by atoms with Crippen molar-refractivity contribution in [2.75, 3.05) is 0 Å². The number of hydrogen-bond donors (Lipinski definition) is 0. The molecule has 21 heavy (non-hydrogen) atoms. The first kappa shape index (κ1) is 13.6. The van der Waals surface area contributed by atoms with Gasteiger partial charge in [0, 0.05) is 17.8 Å². The number of benzene rings is 1. The van der Waals surface area contributed by atoms with E-state index in [4.69, 9.17) is 20.9 Å². The van der Waals surface area contributed by atoms with Crippen LogP contribution in [0.4, 0.5) is 0 Å². The quantitative estimate of drug-likeness (QED) is 0.667. The van der Waals surface area contributed by atoms with E-state index in [9.17, 15) is 0 Å². The van der Waals surface area contributed by atoms with Gasteiger partial charge in [-0.2, -0.15) is 0 Å². The maximum atomic E-state index is 5.70. The van der Waals surface area contributed by atoms with E-state index in [1.807, 2.05) is 42.5 Å². The summed E-state index contributed by atoms with van der Waals surface area (Å²) in [5.74, 6) is 1.74. The molecule has 0 N–H and O–H groups in total. The van der Waals surface area contributed by atoms with Crippen LogP contribution in [0.3, 0.4) is 0 Å². The molecule has 0 fully saturated rings. The number of pyridine rings is 1. The van der Waals surface area contributed by atoms with Crippen molar-refractivity contribution < 1.29 is 9.26 Å². The van der Waals surface area contributed by atoms with Gasteiger partial charge in [-0.05, 0) is 17.7 Å². The largest absolute Gasteiger partial charge is 0.487 e. The summed E-state index contributed by atoms with van der Waals surface area (Å²) in [6.45, 7) is 0.498. The van der Waals surface area contributed by atoms with Crippen LogP contribution in [-0.2, 0) is 12.5 Å². The number of ether oxygens (including phenoxy) is 1. The molecule has 0 bridgehead atoms. The first-order chi connectivity index (χ1) is 10.3. The Labute approximate surface area is 127 Å². The molecule has 2 aromatic heterocycles. The van der Waals surface area contributed by atoms with Crippen molar-refractivity contribution in [3.8, 4) is 17.0 Å². The zero-order chi connectivity index (χ0) is 14.5. The summed E-state index contributed by atoms with van der Waals surface area (Å²) < 4.78 is 10.7. The molecule has 0 unspecified atom stereocenters. The van der Waals surface area contributed by atoms with Crippen LogP contribution >= 0.6 is 11.6 Å². The van der Waals surface area contributed by atoms with Gasteiger partial charge in [0.2, 0.25) is 0 Å². The molecule has 3 aromatic rings. The molecule has 0 amide bonds. The Morgan fingerprint density at radius 2 is 2.00 bits per heavy atom. The smallest absolute Gasteiger partial charge is 0.152 e. The van der Waals surface area contributed by atoms with Crippen LogP contribution < -0.4 is 4.74 Å². The van der Waals surface area contributed by atoms with E-state index < -0.39 is 0 Å². The van der Waals surface area contributed by atoms with Crippen molar-refractivity contribution >= 4 is 11.6 Å². The van der Waals surface area contributed by atoms with Gasteiger partial charge in [0.15, 0.2) is 5.76 Å². The third-order valence-electron chi connectivity index (χ3n) is 2.98. The van der Waals surface area contributed by atoms with Crippen LogP contribution in [0.1, 0.15) is 11.3 Å². The summed E-state index contributed by atoms with van der Waals surface area (Å²) in [6.07, 6.45) is 3.41. The maximum absolute atomic E-state index is 5.70. The van der Waals surface area contributed by atoms with Gasteiger partial charge in [-0.25, -0.2) is 0 Å². The van der Waals surface area contributed by atoms with E-state index in [0.717, 1.165) is 22.6 Å². The Morgan fingerprint density at radius 1 is 1.14 bits per heavy atom. The second-order valence-electron chi connectivity index (χ2n) is 4.49. The first-order valence-electron chi connectivity index (χ1n) is 6.49. The molecule has 0 spiro atoms. The second kappa shape index (κ2) is 6.41. The average Bonchev–Trinajstić information content (AvgIpc) is 3.03. The number of rotatable bonds is 5. The van der Waals surface area contributed by atoms with Crippen LogP contribution in [0.25, 0.3) is 11.3 Å². The fourth-order valence-electron chi connectivity index (χ4n) is 1.88. The zero-order valence-corrected chi connectivity index (χ0v) is 12.0. The monoisotopic (exact) mass is 300 g/mol. The van der Waals surface area contributed by atoms with Crippen LogP contribution in [0.2, 0.25) is 0 Å². The lowest BCUT2D eigenvalue weighted by Gasteiger charge is -2.05. The molecule has 0 atom stereocenters. The van der Waals surface area contributed by atoms with Gasteiger partial charge in [-0.1, -0.05) is 29.4 Å². The van der Waals surface area contributed by atoms with Crippen molar-refractivity contribution in [2.45, 2.75) is 12.5 Å². The van der Waals surface area contributed by atoms with Crippen molar-refractivity contribution in [1.82, 2.24) is 10.1 Å². The van der Waals surface area contributed by atoms with Gasteiger partial charge in [0.25, 0.3) is 0 Å². The summed E-state index contributed by atoms with van der Waals surface area (Å²) >= 11 is 5.70. The standard InChI is InChI=1S/C16H13ClN2O2/c17-9-15-8-16(19-21-15)13-5-3-12(4-6-13)11-20-14-2-1-7-18-10-14/h1-8,10H,9,11H2. The fourth-order valence-corrected chi connectivity index (χ4v) is 2.01. The third-order valence-corrected chi connectivity index (χ3v) is 3.24. The van der Waals surface area contributed by atoms with E-state index in [1.54, 1.807) is 12.4 Å². The predicted octanol–water partition coefficient (Wildman–Crippen LogP) is 4.05. The third kappa shape index (κ3) is 3.41. The van der Waals surface area contributed by atoms with E-state index in [2.05, 4.69) is 10.1 Å². The van der Waals surface area contributed by atoms with Crippen LogP contribution in [0.15, 0.2) is 59.4 Å². The van der Waals surface area contributed by atoms with Crippen LogP contribution in [0.5, 0.6) is 5.75 Å². The summed E-state index contributed by atoms with van der Waals surface area (Å²) in [4.78, 5) is 4.01. The van der Waals surface area contributed by atoms with Gasteiger partial charge >= 0.3 is 0 Å². The number of alkyl halides is 1. The summed E-state index contributed by atoms with van der Waals surface area (Å²) in [5.41, 5.74) is 2.84. The van der Waals surface area contributed by atoms with Gasteiger partial charge in [-0.3, -0.25) is 4.98 Å². The highest BCUT2D eigenvalue weighted by Gasteiger charge is 2.05. The van der Waals surface area contributed by atoms with E-state index >= 15 is 0 Å². The Hall–Kier alpha value is -2.33. The minimum absolute atomic E-state index is 0.323. The second-order valence-corrected chi connectivity index (χ2v) is 4.75. The predicted molar refractivity (Wildman–Crippen MR) is 80.1 cm³/mol. The van der Waals surface area contributed by atoms with Crippen LogP contribution in [0, 0.1) is 0 Å². The van der Waals surface area contributed by atoms with E-state index in [0.29, 0.717) is 18.2 Å². The molecule has 1 aromatic carbocycles. The van der Waals surface area contributed by atoms with Gasteiger partial charge in [-0.15, -0.1) is 11.6 Å². The van der Waals surface area contributed by atoms with E-state index in [-0.39, 0.29) is 0 Å².